The SMILES string of the molecule is CC[C@H](NC(=O)c1ccc(CN(c2ccc(C)c(C)c2)S(C)(=O)=O)cc1)c1ccc(OC)c(C)c1. The van der Waals surface area contributed by atoms with Crippen LogP contribution in [0.15, 0.2) is 60.7 Å². The van der Waals surface area contributed by atoms with Crippen LogP contribution in [0.25, 0.3) is 0 Å². The Balaban J connectivity index is 1.76. The Morgan fingerprint density at radius 3 is 2.17 bits per heavy atom. The summed E-state index contributed by atoms with van der Waals surface area (Å²) in [6, 6.07) is 18.5. The summed E-state index contributed by atoms with van der Waals surface area (Å²) in [5, 5.41) is 3.10. The molecule has 1 N–H and O–H groups in total. The molecule has 0 aliphatic carbocycles. The molecule has 0 heterocycles. The first-order valence-corrected chi connectivity index (χ1v) is 13.5. The molecule has 7 heteroatoms. The van der Waals surface area contributed by atoms with Gasteiger partial charge in [-0.1, -0.05) is 37.3 Å². The highest BCUT2D eigenvalue weighted by molar-refractivity contribution is 7.92. The minimum Gasteiger partial charge on any atom is -0.496 e. The molecule has 3 aromatic rings. The maximum absolute atomic E-state index is 12.9. The van der Waals surface area contributed by atoms with Crippen molar-refractivity contribution in [3.05, 3.63) is 94.0 Å². The van der Waals surface area contributed by atoms with Gasteiger partial charge in [0.05, 0.1) is 31.6 Å². The molecule has 1 amide bonds. The zero-order chi connectivity index (χ0) is 25.8. The summed E-state index contributed by atoms with van der Waals surface area (Å²) in [5.41, 5.74) is 6.11. The van der Waals surface area contributed by atoms with Crippen molar-refractivity contribution in [1.82, 2.24) is 5.32 Å². The van der Waals surface area contributed by atoms with Crippen LogP contribution in [0.4, 0.5) is 5.69 Å². The summed E-state index contributed by atoms with van der Waals surface area (Å²) in [6.45, 7) is 8.15. The van der Waals surface area contributed by atoms with E-state index in [4.69, 9.17) is 4.74 Å². The Kier molecular flexibility index (Phi) is 8.22. The summed E-state index contributed by atoms with van der Waals surface area (Å²) in [4.78, 5) is 12.9. The van der Waals surface area contributed by atoms with Gasteiger partial charge >= 0.3 is 0 Å². The molecule has 0 spiro atoms. The predicted octanol–water partition coefficient (Wildman–Crippen LogP) is 5.47. The average Bonchev–Trinajstić information content (AvgIpc) is 2.82. The smallest absolute Gasteiger partial charge is 0.251 e. The predicted molar refractivity (Wildman–Crippen MR) is 142 cm³/mol. The summed E-state index contributed by atoms with van der Waals surface area (Å²) in [6.07, 6.45) is 1.95. The molecule has 3 aromatic carbocycles. The maximum Gasteiger partial charge on any atom is 0.251 e. The van der Waals surface area contributed by atoms with Crippen LogP contribution < -0.4 is 14.4 Å². The van der Waals surface area contributed by atoms with Crippen molar-refractivity contribution in [2.75, 3.05) is 17.7 Å². The Morgan fingerprint density at radius 2 is 1.63 bits per heavy atom. The maximum atomic E-state index is 12.9. The van der Waals surface area contributed by atoms with Crippen molar-refractivity contribution in [3.63, 3.8) is 0 Å². The highest BCUT2D eigenvalue weighted by atomic mass is 32.2. The summed E-state index contributed by atoms with van der Waals surface area (Å²) in [7, 11) is -1.85. The van der Waals surface area contributed by atoms with Gasteiger partial charge in [0.15, 0.2) is 0 Å². The average molecular weight is 495 g/mol. The second kappa shape index (κ2) is 11.0. The van der Waals surface area contributed by atoms with E-state index in [1.165, 1.54) is 10.6 Å². The quantitative estimate of drug-likeness (QED) is 0.428. The minimum absolute atomic E-state index is 0.128. The van der Waals surface area contributed by atoms with Crippen molar-refractivity contribution >= 4 is 21.6 Å². The zero-order valence-electron chi connectivity index (χ0n) is 21.3. The highest BCUT2D eigenvalue weighted by Crippen LogP contribution is 2.26. The van der Waals surface area contributed by atoms with Crippen LogP contribution in [0.1, 0.15) is 57.6 Å². The molecule has 0 aliphatic rings. The summed E-state index contributed by atoms with van der Waals surface area (Å²) in [5.74, 6) is 0.639. The first-order chi connectivity index (χ1) is 16.5. The molecule has 0 unspecified atom stereocenters. The lowest BCUT2D eigenvalue weighted by Crippen LogP contribution is -2.30. The number of anilines is 1. The van der Waals surface area contributed by atoms with Gasteiger partial charge in [-0.3, -0.25) is 9.10 Å². The largest absolute Gasteiger partial charge is 0.496 e. The van der Waals surface area contributed by atoms with E-state index in [2.05, 4.69) is 5.32 Å². The molecule has 0 radical (unpaired) electrons. The van der Waals surface area contributed by atoms with Crippen LogP contribution >= 0.6 is 0 Å². The Hall–Kier alpha value is -3.32. The van der Waals surface area contributed by atoms with Crippen LogP contribution in [0.3, 0.4) is 0 Å². The normalized spacial score (nSPS) is 12.2. The van der Waals surface area contributed by atoms with Crippen molar-refractivity contribution in [2.45, 2.75) is 46.7 Å². The number of ether oxygens (including phenoxy) is 1. The van der Waals surface area contributed by atoms with Gasteiger partial charge in [0.25, 0.3) is 5.91 Å². The number of methoxy groups -OCH3 is 1. The molecule has 186 valence electrons. The monoisotopic (exact) mass is 494 g/mol. The van der Waals surface area contributed by atoms with Gasteiger partial charge in [-0.15, -0.1) is 0 Å². The fraction of sp³-hybridized carbons (Fsp3) is 0.321. The number of benzene rings is 3. The van der Waals surface area contributed by atoms with E-state index in [0.29, 0.717) is 11.3 Å². The number of sulfonamides is 1. The van der Waals surface area contributed by atoms with Crippen LogP contribution in [0.5, 0.6) is 5.75 Å². The van der Waals surface area contributed by atoms with Gasteiger partial charge in [-0.25, -0.2) is 8.42 Å². The number of carbonyl (C=O) groups is 1. The summed E-state index contributed by atoms with van der Waals surface area (Å²) < 4.78 is 31.7. The standard InChI is InChI=1S/C28H34N2O4S/c1-7-26(24-13-15-27(34-5)21(4)16-24)29-28(31)23-11-9-22(10-12-23)18-30(35(6,32)33)25-14-8-19(2)20(3)17-25/h8-17,26H,7,18H2,1-6H3,(H,29,31)/t26-/m0/s1. The third-order valence-corrected chi connectivity index (χ3v) is 7.40. The van der Waals surface area contributed by atoms with E-state index < -0.39 is 10.0 Å². The number of nitrogens with one attached hydrogen (secondary N) is 1. The fourth-order valence-corrected chi connectivity index (χ4v) is 4.87. The lowest BCUT2D eigenvalue weighted by molar-refractivity contribution is 0.0935. The lowest BCUT2D eigenvalue weighted by Gasteiger charge is -2.23. The second-order valence-corrected chi connectivity index (χ2v) is 10.8. The Labute approximate surface area is 209 Å². The number of hydrogen-bond acceptors (Lipinski definition) is 4. The lowest BCUT2D eigenvalue weighted by atomic mass is 10.0. The van der Waals surface area contributed by atoms with Crippen molar-refractivity contribution in [1.29, 1.82) is 0 Å². The Morgan fingerprint density at radius 1 is 0.943 bits per heavy atom. The van der Waals surface area contributed by atoms with Gasteiger partial charge < -0.3 is 10.1 Å². The molecule has 3 rings (SSSR count). The van der Waals surface area contributed by atoms with E-state index in [9.17, 15) is 13.2 Å². The second-order valence-electron chi connectivity index (χ2n) is 8.90. The molecule has 0 aromatic heterocycles. The van der Waals surface area contributed by atoms with E-state index in [1.807, 2.05) is 64.1 Å². The van der Waals surface area contributed by atoms with Crippen LogP contribution in [0.2, 0.25) is 0 Å². The highest BCUT2D eigenvalue weighted by Gasteiger charge is 2.19. The summed E-state index contributed by atoms with van der Waals surface area (Å²) >= 11 is 0. The first-order valence-electron chi connectivity index (χ1n) is 11.6. The van der Waals surface area contributed by atoms with E-state index in [-0.39, 0.29) is 18.5 Å². The minimum atomic E-state index is -3.49. The van der Waals surface area contributed by atoms with Crippen LogP contribution in [-0.2, 0) is 16.6 Å². The van der Waals surface area contributed by atoms with Crippen molar-refractivity contribution in [2.24, 2.45) is 0 Å². The van der Waals surface area contributed by atoms with Gasteiger partial charge in [-0.2, -0.15) is 0 Å². The molecule has 0 bridgehead atoms. The molecule has 1 atom stereocenters. The molecule has 0 fully saturated rings. The molecular formula is C28H34N2O4S. The number of rotatable bonds is 9. The van der Waals surface area contributed by atoms with Crippen LogP contribution in [-0.4, -0.2) is 27.7 Å². The molecule has 0 saturated carbocycles. The topological polar surface area (TPSA) is 75.7 Å². The zero-order valence-corrected chi connectivity index (χ0v) is 22.1. The fourth-order valence-electron chi connectivity index (χ4n) is 3.99. The first kappa shape index (κ1) is 26.3. The van der Waals surface area contributed by atoms with Gasteiger partial charge in [0.1, 0.15) is 5.75 Å². The molecule has 0 aliphatic heterocycles. The number of nitrogens with zero attached hydrogens (tertiary/aromatic N) is 1. The van der Waals surface area contributed by atoms with E-state index in [0.717, 1.165) is 40.0 Å². The van der Waals surface area contributed by atoms with Gasteiger partial charge in [0, 0.05) is 5.56 Å². The molecule has 6 nitrogen and oxygen atoms in total. The van der Waals surface area contributed by atoms with Crippen molar-refractivity contribution < 1.29 is 17.9 Å². The van der Waals surface area contributed by atoms with E-state index in [1.54, 1.807) is 31.4 Å². The number of amides is 1. The number of carbonyl (C=O) groups excluding carboxylic acids is 1. The van der Waals surface area contributed by atoms with Crippen LogP contribution in [0, 0.1) is 20.8 Å². The number of hydrogen-bond donors (Lipinski definition) is 1. The van der Waals surface area contributed by atoms with E-state index >= 15 is 0 Å². The molecular weight excluding hydrogens is 460 g/mol. The van der Waals surface area contributed by atoms with Gasteiger partial charge in [-0.05, 0) is 85.3 Å². The third kappa shape index (κ3) is 6.42. The third-order valence-electron chi connectivity index (χ3n) is 6.26. The number of aryl methyl sites for hydroxylation is 3. The molecule has 0 saturated heterocycles. The van der Waals surface area contributed by atoms with Gasteiger partial charge in [0.2, 0.25) is 10.0 Å². The Bertz CT molecular complexity index is 1300. The van der Waals surface area contributed by atoms with Crippen molar-refractivity contribution in [3.8, 4) is 5.75 Å². The molecule has 35 heavy (non-hydrogen) atoms.